The Labute approximate surface area is 197 Å². The summed E-state index contributed by atoms with van der Waals surface area (Å²) in [5, 5.41) is 9.07. The summed E-state index contributed by atoms with van der Waals surface area (Å²) >= 11 is 0. The van der Waals surface area contributed by atoms with Crippen LogP contribution in [0.5, 0.6) is 0 Å². The quantitative estimate of drug-likeness (QED) is 0.339. The molecule has 0 fully saturated rings. The van der Waals surface area contributed by atoms with Gasteiger partial charge < -0.3 is 9.52 Å². The fraction of sp³-hybridized carbons (Fsp3) is 0.214. The fourth-order valence-corrected chi connectivity index (χ4v) is 3.47. The molecule has 0 atom stereocenters. The molecule has 178 valence electrons. The Morgan fingerprint density at radius 2 is 1.62 bits per heavy atom. The molecule has 1 N–H and O–H groups in total. The third-order valence-corrected chi connectivity index (χ3v) is 5.20. The monoisotopic (exact) mass is 466 g/mol. The van der Waals surface area contributed by atoms with Crippen LogP contribution in [0.15, 0.2) is 69.9 Å². The molecule has 4 aromatic rings. The van der Waals surface area contributed by atoms with Crippen LogP contribution in [0.1, 0.15) is 54.2 Å². The molecule has 0 aliphatic carbocycles. The minimum atomic E-state index is -0.974. The highest BCUT2D eigenvalue weighted by atomic mass is 19.2. The van der Waals surface area contributed by atoms with Crippen molar-refractivity contribution < 1.29 is 23.1 Å². The highest BCUT2D eigenvalue weighted by Gasteiger charge is 2.14. The Bertz CT molecular complexity index is 1390. The van der Waals surface area contributed by atoms with Gasteiger partial charge in [-0.05, 0) is 66.8 Å². The van der Waals surface area contributed by atoms with Crippen molar-refractivity contribution in [2.75, 3.05) is 0 Å². The van der Waals surface area contributed by atoms with Gasteiger partial charge in [-0.1, -0.05) is 45.5 Å². The predicted octanol–water partition coefficient (Wildman–Crippen LogP) is 7.50. The zero-order valence-corrected chi connectivity index (χ0v) is 18.8. The summed E-state index contributed by atoms with van der Waals surface area (Å²) in [5.74, 6) is -2.38. The molecule has 0 aliphatic rings. The van der Waals surface area contributed by atoms with Crippen LogP contribution in [0.2, 0.25) is 0 Å². The first kappa shape index (κ1) is 26.5. The van der Waals surface area contributed by atoms with E-state index in [1.165, 1.54) is 12.1 Å². The van der Waals surface area contributed by atoms with Crippen LogP contribution in [-0.2, 0) is 0 Å². The van der Waals surface area contributed by atoms with Gasteiger partial charge in [0.1, 0.15) is 11.3 Å². The number of carboxylic acids is 1. The molecule has 6 heteroatoms. The van der Waals surface area contributed by atoms with E-state index in [1.807, 2.05) is 32.9 Å². The van der Waals surface area contributed by atoms with Crippen LogP contribution in [0.3, 0.4) is 0 Å². The van der Waals surface area contributed by atoms with Gasteiger partial charge >= 0.3 is 5.97 Å². The number of hydrogen-bond donors (Lipinski definition) is 1. The first-order valence-corrected chi connectivity index (χ1v) is 10.4. The van der Waals surface area contributed by atoms with Crippen molar-refractivity contribution in [3.05, 3.63) is 105 Å². The molecular weight excluding hydrogens is 438 g/mol. The minimum Gasteiger partial charge on any atom is -0.478 e. The maximum absolute atomic E-state index is 13.4. The number of carboxylic acid groups (broad SMARTS) is 1. The lowest BCUT2D eigenvalue weighted by molar-refractivity contribution is 0.0696. The second kappa shape index (κ2) is 10.9. The van der Waals surface area contributed by atoms with Crippen molar-refractivity contribution in [3.8, 4) is 11.3 Å². The summed E-state index contributed by atoms with van der Waals surface area (Å²) in [4.78, 5) is 22.8. The van der Waals surface area contributed by atoms with Gasteiger partial charge in [-0.25, -0.2) is 13.6 Å². The highest BCUT2D eigenvalue weighted by molar-refractivity contribution is 5.89. The summed E-state index contributed by atoms with van der Waals surface area (Å²) in [6.07, 6.45) is 0. The van der Waals surface area contributed by atoms with Crippen LogP contribution in [0, 0.1) is 25.5 Å². The SMILES string of the molecule is C.Cc1cc(C(C)C)c2oc(-c3ccc(F)c(F)c3)cc(=O)c2c1.Cc1ccccc1C(=O)O. The van der Waals surface area contributed by atoms with Gasteiger partial charge in [0.2, 0.25) is 0 Å². The van der Waals surface area contributed by atoms with Crippen LogP contribution in [0.4, 0.5) is 8.78 Å². The molecule has 3 aromatic carbocycles. The fourth-order valence-electron chi connectivity index (χ4n) is 3.47. The Balaban J connectivity index is 0.000000314. The van der Waals surface area contributed by atoms with E-state index in [4.69, 9.17) is 9.52 Å². The first-order chi connectivity index (χ1) is 15.6. The molecule has 4 nitrogen and oxygen atoms in total. The molecule has 0 spiro atoms. The maximum atomic E-state index is 13.4. The summed E-state index contributed by atoms with van der Waals surface area (Å²) in [5.41, 5.74) is 3.71. The molecule has 1 aromatic heterocycles. The Hall–Kier alpha value is -3.80. The Kier molecular flexibility index (Phi) is 8.46. The molecule has 0 bridgehead atoms. The van der Waals surface area contributed by atoms with Gasteiger partial charge in [0.15, 0.2) is 17.1 Å². The molecule has 0 aliphatic heterocycles. The van der Waals surface area contributed by atoms with Crippen LogP contribution in [0.25, 0.3) is 22.3 Å². The molecule has 0 unspecified atom stereocenters. The van der Waals surface area contributed by atoms with Crippen molar-refractivity contribution in [2.45, 2.75) is 41.0 Å². The van der Waals surface area contributed by atoms with E-state index in [-0.39, 0.29) is 24.5 Å². The number of aryl methyl sites for hydroxylation is 2. The van der Waals surface area contributed by atoms with E-state index in [9.17, 15) is 18.4 Å². The molecule has 4 rings (SSSR count). The number of fused-ring (bicyclic) bond motifs is 1. The topological polar surface area (TPSA) is 67.5 Å². The van der Waals surface area contributed by atoms with Gasteiger partial charge in [0.25, 0.3) is 0 Å². The lowest BCUT2D eigenvalue weighted by Gasteiger charge is -2.12. The van der Waals surface area contributed by atoms with E-state index < -0.39 is 17.6 Å². The highest BCUT2D eigenvalue weighted by Crippen LogP contribution is 2.29. The first-order valence-electron chi connectivity index (χ1n) is 10.4. The molecule has 0 amide bonds. The van der Waals surface area contributed by atoms with E-state index in [1.54, 1.807) is 31.2 Å². The van der Waals surface area contributed by atoms with Crippen LogP contribution < -0.4 is 5.43 Å². The number of aromatic carboxylic acids is 1. The largest absolute Gasteiger partial charge is 0.478 e. The average molecular weight is 467 g/mol. The number of benzene rings is 3. The van der Waals surface area contributed by atoms with E-state index in [2.05, 4.69) is 0 Å². The van der Waals surface area contributed by atoms with E-state index in [0.29, 0.717) is 22.1 Å². The van der Waals surface area contributed by atoms with Crippen molar-refractivity contribution in [1.29, 1.82) is 0 Å². The van der Waals surface area contributed by atoms with Crippen molar-refractivity contribution in [3.63, 3.8) is 0 Å². The normalized spacial score (nSPS) is 10.4. The summed E-state index contributed by atoms with van der Waals surface area (Å²) in [6, 6.07) is 15.4. The Morgan fingerprint density at radius 1 is 0.941 bits per heavy atom. The van der Waals surface area contributed by atoms with Gasteiger partial charge in [0, 0.05) is 11.6 Å². The van der Waals surface area contributed by atoms with Crippen molar-refractivity contribution in [1.82, 2.24) is 0 Å². The van der Waals surface area contributed by atoms with E-state index in [0.717, 1.165) is 28.8 Å². The zero-order valence-electron chi connectivity index (χ0n) is 18.8. The number of halogens is 2. The average Bonchev–Trinajstić information content (AvgIpc) is 2.76. The predicted molar refractivity (Wildman–Crippen MR) is 132 cm³/mol. The zero-order chi connectivity index (χ0) is 24.3. The van der Waals surface area contributed by atoms with Crippen molar-refractivity contribution in [2.24, 2.45) is 0 Å². The second-order valence-electron chi connectivity index (χ2n) is 8.11. The van der Waals surface area contributed by atoms with Crippen LogP contribution in [-0.4, -0.2) is 11.1 Å². The lowest BCUT2D eigenvalue weighted by Crippen LogP contribution is -2.04. The maximum Gasteiger partial charge on any atom is 0.335 e. The van der Waals surface area contributed by atoms with Gasteiger partial charge in [-0.2, -0.15) is 0 Å². The Morgan fingerprint density at radius 3 is 2.18 bits per heavy atom. The van der Waals surface area contributed by atoms with Gasteiger partial charge in [0.05, 0.1) is 10.9 Å². The van der Waals surface area contributed by atoms with Gasteiger partial charge in [-0.15, -0.1) is 0 Å². The number of hydrogen-bond acceptors (Lipinski definition) is 3. The third-order valence-electron chi connectivity index (χ3n) is 5.20. The summed E-state index contributed by atoms with van der Waals surface area (Å²) < 4.78 is 32.4. The summed E-state index contributed by atoms with van der Waals surface area (Å²) in [6.45, 7) is 7.73. The summed E-state index contributed by atoms with van der Waals surface area (Å²) in [7, 11) is 0. The van der Waals surface area contributed by atoms with Crippen molar-refractivity contribution >= 4 is 16.9 Å². The molecule has 0 saturated carbocycles. The number of carbonyl (C=O) groups is 1. The number of rotatable bonds is 3. The molecule has 1 heterocycles. The lowest BCUT2D eigenvalue weighted by atomic mass is 9.97. The molecule has 0 radical (unpaired) electrons. The molecule has 0 saturated heterocycles. The molecule has 34 heavy (non-hydrogen) atoms. The van der Waals surface area contributed by atoms with Gasteiger partial charge in [-0.3, -0.25) is 4.79 Å². The third kappa shape index (κ3) is 5.76. The van der Waals surface area contributed by atoms with Crippen LogP contribution >= 0.6 is 0 Å². The second-order valence-corrected chi connectivity index (χ2v) is 8.11. The standard InChI is InChI=1S/C19H16F2O2.C8H8O2.CH4/c1-10(2)13-6-11(3)7-14-17(22)9-18(23-19(13)14)12-4-5-15(20)16(21)8-12;1-6-4-2-3-5-7(6)8(9)10;/h4-10H,1-3H3;2-5H,1H3,(H,9,10);1H4. The van der Waals surface area contributed by atoms with E-state index >= 15 is 0 Å². The molecular formula is C28H28F2O4. The smallest absolute Gasteiger partial charge is 0.335 e. The minimum absolute atomic E-state index is 0.